The highest BCUT2D eigenvalue weighted by atomic mass is 79.9. The Bertz CT molecular complexity index is 648. The standard InChI is InChI=1S/C11H6BrN3OS/c12-8-2-1-3-9(7(8)6-13)17-11-14-5-4-10(16)15-11/h1-5H,(H,14,15,16). The smallest absolute Gasteiger partial charge is 0.251 e. The van der Waals surface area contributed by atoms with Gasteiger partial charge in [-0.05, 0) is 28.1 Å². The molecule has 0 unspecified atom stereocenters. The molecule has 0 spiro atoms. The van der Waals surface area contributed by atoms with E-state index in [4.69, 9.17) is 5.26 Å². The molecule has 0 fully saturated rings. The van der Waals surface area contributed by atoms with Gasteiger partial charge in [0.1, 0.15) is 6.07 Å². The summed E-state index contributed by atoms with van der Waals surface area (Å²) in [6.45, 7) is 0. The molecule has 6 heteroatoms. The van der Waals surface area contributed by atoms with Crippen LogP contribution in [0.3, 0.4) is 0 Å². The summed E-state index contributed by atoms with van der Waals surface area (Å²) < 4.78 is 0.725. The van der Waals surface area contributed by atoms with Crippen molar-refractivity contribution in [2.75, 3.05) is 0 Å². The third kappa shape index (κ3) is 2.75. The molecule has 0 saturated carbocycles. The molecule has 1 heterocycles. The molecule has 1 N–H and O–H groups in total. The van der Waals surface area contributed by atoms with Crippen LogP contribution in [0.5, 0.6) is 0 Å². The Balaban J connectivity index is 2.41. The Hall–Kier alpha value is -1.58. The SMILES string of the molecule is N#Cc1c(Br)cccc1Sc1nccc(=O)[nH]1. The fraction of sp³-hybridized carbons (Fsp3) is 0. The lowest BCUT2D eigenvalue weighted by molar-refractivity contribution is 0.936. The Morgan fingerprint density at radius 1 is 1.41 bits per heavy atom. The Kier molecular flexibility index (Phi) is 3.61. The van der Waals surface area contributed by atoms with E-state index in [1.54, 1.807) is 12.1 Å². The number of benzene rings is 1. The summed E-state index contributed by atoms with van der Waals surface area (Å²) >= 11 is 4.55. The molecule has 0 radical (unpaired) electrons. The quantitative estimate of drug-likeness (QED) is 0.866. The highest BCUT2D eigenvalue weighted by Gasteiger charge is 2.08. The van der Waals surface area contributed by atoms with Crippen molar-refractivity contribution in [1.29, 1.82) is 5.26 Å². The normalized spacial score (nSPS) is 9.88. The minimum atomic E-state index is -0.212. The molecule has 4 nitrogen and oxygen atoms in total. The predicted octanol–water partition coefficient (Wildman–Crippen LogP) is 2.56. The van der Waals surface area contributed by atoms with Gasteiger partial charge in [0.2, 0.25) is 0 Å². The molecule has 0 aliphatic heterocycles. The van der Waals surface area contributed by atoms with Crippen LogP contribution < -0.4 is 5.56 Å². The van der Waals surface area contributed by atoms with E-state index in [-0.39, 0.29) is 5.56 Å². The van der Waals surface area contributed by atoms with Gasteiger partial charge in [-0.15, -0.1) is 0 Å². The molecule has 0 atom stereocenters. The summed E-state index contributed by atoms with van der Waals surface area (Å²) in [5, 5.41) is 9.51. The zero-order chi connectivity index (χ0) is 12.3. The molecule has 0 bridgehead atoms. The summed E-state index contributed by atoms with van der Waals surface area (Å²) in [5.41, 5.74) is 0.319. The van der Waals surface area contributed by atoms with E-state index in [9.17, 15) is 4.79 Å². The second kappa shape index (κ2) is 5.17. The van der Waals surface area contributed by atoms with Gasteiger partial charge in [-0.25, -0.2) is 4.98 Å². The van der Waals surface area contributed by atoms with E-state index < -0.39 is 0 Å². The van der Waals surface area contributed by atoms with Crippen LogP contribution in [-0.2, 0) is 0 Å². The lowest BCUT2D eigenvalue weighted by atomic mass is 10.2. The van der Waals surface area contributed by atoms with E-state index in [1.165, 1.54) is 24.0 Å². The van der Waals surface area contributed by atoms with Crippen LogP contribution in [0.4, 0.5) is 0 Å². The van der Waals surface area contributed by atoms with Crippen LogP contribution in [0.15, 0.2) is 49.8 Å². The van der Waals surface area contributed by atoms with Crippen molar-refractivity contribution >= 4 is 27.7 Å². The maximum Gasteiger partial charge on any atom is 0.251 e. The van der Waals surface area contributed by atoms with Crippen molar-refractivity contribution in [1.82, 2.24) is 9.97 Å². The number of nitrogens with zero attached hydrogens (tertiary/aromatic N) is 2. The fourth-order valence-electron chi connectivity index (χ4n) is 1.21. The van der Waals surface area contributed by atoms with Crippen LogP contribution >= 0.6 is 27.7 Å². The van der Waals surface area contributed by atoms with Gasteiger partial charge >= 0.3 is 0 Å². The average molecular weight is 308 g/mol. The largest absolute Gasteiger partial charge is 0.301 e. The Morgan fingerprint density at radius 2 is 2.24 bits per heavy atom. The predicted molar refractivity (Wildman–Crippen MR) is 67.8 cm³/mol. The van der Waals surface area contributed by atoms with Gasteiger partial charge < -0.3 is 4.98 Å². The van der Waals surface area contributed by atoms with Crippen molar-refractivity contribution in [3.63, 3.8) is 0 Å². The molecule has 0 aliphatic carbocycles. The van der Waals surface area contributed by atoms with Crippen LogP contribution in [0.2, 0.25) is 0 Å². The number of aromatic amines is 1. The first-order chi connectivity index (χ1) is 8.20. The molecule has 84 valence electrons. The monoisotopic (exact) mass is 307 g/mol. The molecule has 0 amide bonds. The molecule has 2 rings (SSSR count). The first kappa shape index (κ1) is 11.9. The fourth-order valence-corrected chi connectivity index (χ4v) is 2.67. The van der Waals surface area contributed by atoms with Crippen molar-refractivity contribution in [2.45, 2.75) is 10.1 Å². The van der Waals surface area contributed by atoms with Crippen molar-refractivity contribution in [3.8, 4) is 6.07 Å². The summed E-state index contributed by atoms with van der Waals surface area (Å²) in [6, 6.07) is 8.88. The minimum Gasteiger partial charge on any atom is -0.301 e. The van der Waals surface area contributed by atoms with E-state index in [0.29, 0.717) is 10.7 Å². The number of nitrogens with one attached hydrogen (secondary N) is 1. The summed E-state index contributed by atoms with van der Waals surface area (Å²) in [5.74, 6) is 0. The van der Waals surface area contributed by atoms with Gasteiger partial charge in [0, 0.05) is 21.6 Å². The number of H-pyrrole nitrogens is 1. The molecule has 1 aromatic carbocycles. The maximum absolute atomic E-state index is 11.1. The number of rotatable bonds is 2. The summed E-state index contributed by atoms with van der Waals surface area (Å²) in [7, 11) is 0. The highest BCUT2D eigenvalue weighted by Crippen LogP contribution is 2.30. The lowest BCUT2D eigenvalue weighted by Crippen LogP contribution is -2.05. The van der Waals surface area contributed by atoms with Crippen molar-refractivity contribution in [2.24, 2.45) is 0 Å². The zero-order valence-electron chi connectivity index (χ0n) is 8.48. The number of nitriles is 1. The molecule has 0 aliphatic rings. The van der Waals surface area contributed by atoms with Gasteiger partial charge in [0.05, 0.1) is 5.56 Å². The second-order valence-electron chi connectivity index (χ2n) is 3.07. The molecule has 17 heavy (non-hydrogen) atoms. The number of hydrogen-bond donors (Lipinski definition) is 1. The van der Waals surface area contributed by atoms with Gasteiger partial charge in [-0.2, -0.15) is 5.26 Å². The minimum absolute atomic E-state index is 0.212. The van der Waals surface area contributed by atoms with E-state index in [0.717, 1.165) is 9.37 Å². The van der Waals surface area contributed by atoms with Crippen molar-refractivity contribution < 1.29 is 0 Å². The third-order valence-electron chi connectivity index (χ3n) is 1.94. The molecule has 0 saturated heterocycles. The Morgan fingerprint density at radius 3 is 2.94 bits per heavy atom. The van der Waals surface area contributed by atoms with Gasteiger partial charge in [0.15, 0.2) is 5.16 Å². The molecule has 2 aromatic rings. The average Bonchev–Trinajstić information content (AvgIpc) is 2.29. The first-order valence-electron chi connectivity index (χ1n) is 4.62. The summed E-state index contributed by atoms with van der Waals surface area (Å²) in [4.78, 5) is 18.5. The second-order valence-corrected chi connectivity index (χ2v) is 4.95. The van der Waals surface area contributed by atoms with E-state index in [1.807, 2.05) is 6.07 Å². The van der Waals surface area contributed by atoms with Crippen molar-refractivity contribution in [3.05, 3.63) is 50.9 Å². The first-order valence-corrected chi connectivity index (χ1v) is 6.23. The Labute approximate surface area is 110 Å². The van der Waals surface area contributed by atoms with Crippen LogP contribution in [0.1, 0.15) is 5.56 Å². The van der Waals surface area contributed by atoms with E-state index in [2.05, 4.69) is 32.0 Å². The topological polar surface area (TPSA) is 69.5 Å². The van der Waals surface area contributed by atoms with Crippen LogP contribution in [-0.4, -0.2) is 9.97 Å². The lowest BCUT2D eigenvalue weighted by Gasteiger charge is -2.03. The highest BCUT2D eigenvalue weighted by molar-refractivity contribution is 9.10. The third-order valence-corrected chi connectivity index (χ3v) is 3.56. The summed E-state index contributed by atoms with van der Waals surface area (Å²) in [6.07, 6.45) is 1.44. The molecule has 1 aromatic heterocycles. The molecular formula is C11H6BrN3OS. The van der Waals surface area contributed by atoms with E-state index >= 15 is 0 Å². The van der Waals surface area contributed by atoms with Gasteiger partial charge in [0.25, 0.3) is 5.56 Å². The number of halogens is 1. The van der Waals surface area contributed by atoms with Gasteiger partial charge in [-0.3, -0.25) is 4.79 Å². The number of hydrogen-bond acceptors (Lipinski definition) is 4. The number of aromatic nitrogens is 2. The van der Waals surface area contributed by atoms with Crippen LogP contribution in [0.25, 0.3) is 0 Å². The van der Waals surface area contributed by atoms with Crippen LogP contribution in [0, 0.1) is 11.3 Å². The van der Waals surface area contributed by atoms with Gasteiger partial charge in [-0.1, -0.05) is 17.8 Å². The molecular weight excluding hydrogens is 302 g/mol. The maximum atomic E-state index is 11.1. The zero-order valence-corrected chi connectivity index (χ0v) is 10.9.